The molecular formula is C26H32N2O5. The van der Waals surface area contributed by atoms with Crippen LogP contribution in [-0.2, 0) is 38.4 Å². The van der Waals surface area contributed by atoms with E-state index in [1.165, 1.54) is 0 Å². The van der Waals surface area contributed by atoms with Crippen molar-refractivity contribution in [2.45, 2.75) is 59.1 Å². The highest BCUT2D eigenvalue weighted by Crippen LogP contribution is 2.28. The second-order valence-corrected chi connectivity index (χ2v) is 8.80. The third kappa shape index (κ3) is 6.34. The van der Waals surface area contributed by atoms with Gasteiger partial charge in [0.1, 0.15) is 11.4 Å². The summed E-state index contributed by atoms with van der Waals surface area (Å²) in [6.45, 7) is 8.21. The molecule has 0 unspecified atom stereocenters. The molecule has 0 N–H and O–H groups in total. The number of rotatable bonds is 9. The van der Waals surface area contributed by atoms with Crippen LogP contribution in [0.25, 0.3) is 11.0 Å². The number of esters is 2. The summed E-state index contributed by atoms with van der Waals surface area (Å²) in [6, 6.07) is 11.7. The molecule has 0 aliphatic rings. The molecule has 0 bridgehead atoms. The second kappa shape index (κ2) is 10.5. The number of ether oxygens (including phenoxy) is 3. The van der Waals surface area contributed by atoms with Crippen LogP contribution in [0.3, 0.4) is 0 Å². The molecule has 0 radical (unpaired) electrons. The normalized spacial score (nSPS) is 11.4. The summed E-state index contributed by atoms with van der Waals surface area (Å²) in [6.07, 6.45) is 2.44. The van der Waals surface area contributed by atoms with Crippen molar-refractivity contribution >= 4 is 23.0 Å². The molecule has 0 spiro atoms. The maximum atomic E-state index is 12.5. The van der Waals surface area contributed by atoms with Crippen LogP contribution in [0.4, 0.5) is 0 Å². The molecule has 0 saturated carbocycles. The highest BCUT2D eigenvalue weighted by atomic mass is 16.6. The molecule has 0 saturated heterocycles. The average molecular weight is 453 g/mol. The number of hydrogen-bond donors (Lipinski definition) is 0. The number of fused-ring (bicyclic) bond motifs is 1. The zero-order valence-electron chi connectivity index (χ0n) is 20.0. The van der Waals surface area contributed by atoms with Crippen LogP contribution < -0.4 is 4.74 Å². The van der Waals surface area contributed by atoms with Gasteiger partial charge in [0.25, 0.3) is 0 Å². The van der Waals surface area contributed by atoms with Gasteiger partial charge in [-0.15, -0.1) is 0 Å². The number of pyridine rings is 1. The smallest absolute Gasteiger partial charge is 0.310 e. The molecule has 176 valence electrons. The summed E-state index contributed by atoms with van der Waals surface area (Å²) >= 11 is 0. The fraction of sp³-hybridized carbons (Fsp3) is 0.423. The van der Waals surface area contributed by atoms with E-state index in [1.54, 1.807) is 20.2 Å². The van der Waals surface area contributed by atoms with Gasteiger partial charge in [0.05, 0.1) is 37.6 Å². The van der Waals surface area contributed by atoms with E-state index < -0.39 is 5.60 Å². The molecule has 0 amide bonds. The highest BCUT2D eigenvalue weighted by molar-refractivity contribution is 5.86. The molecule has 0 aliphatic carbocycles. The quantitative estimate of drug-likeness (QED) is 0.446. The van der Waals surface area contributed by atoms with Gasteiger partial charge in [-0.2, -0.15) is 0 Å². The van der Waals surface area contributed by atoms with E-state index in [4.69, 9.17) is 14.2 Å². The molecule has 0 atom stereocenters. The van der Waals surface area contributed by atoms with E-state index in [2.05, 4.69) is 9.55 Å². The number of benzene rings is 1. The van der Waals surface area contributed by atoms with Gasteiger partial charge in [-0.05, 0) is 63.9 Å². The van der Waals surface area contributed by atoms with Gasteiger partial charge < -0.3 is 18.8 Å². The summed E-state index contributed by atoms with van der Waals surface area (Å²) in [5, 5.41) is 0. The highest BCUT2D eigenvalue weighted by Gasteiger charge is 2.23. The molecule has 2 aromatic heterocycles. The zero-order valence-corrected chi connectivity index (χ0v) is 20.0. The minimum Gasteiger partial charge on any atom is -0.497 e. The van der Waals surface area contributed by atoms with E-state index in [1.807, 2.05) is 57.2 Å². The molecule has 7 heteroatoms. The lowest BCUT2D eigenvalue weighted by Gasteiger charge is -2.20. The van der Waals surface area contributed by atoms with Gasteiger partial charge in [0, 0.05) is 24.0 Å². The Morgan fingerprint density at radius 3 is 2.42 bits per heavy atom. The molecule has 3 rings (SSSR count). The van der Waals surface area contributed by atoms with Gasteiger partial charge in [-0.1, -0.05) is 12.1 Å². The zero-order chi connectivity index (χ0) is 24.0. The molecule has 7 nitrogen and oxygen atoms in total. The molecule has 2 heterocycles. The molecule has 0 aliphatic heterocycles. The first-order chi connectivity index (χ1) is 15.7. The monoisotopic (exact) mass is 452 g/mol. The van der Waals surface area contributed by atoms with Crippen molar-refractivity contribution in [3.8, 4) is 5.75 Å². The summed E-state index contributed by atoms with van der Waals surface area (Å²) in [5.41, 5.74) is 3.85. The number of carbonyl (C=O) groups excluding carboxylic acids is 2. The number of aromatic nitrogens is 2. The first kappa shape index (κ1) is 24.3. The van der Waals surface area contributed by atoms with Crippen LogP contribution in [0.2, 0.25) is 0 Å². The third-order valence-electron chi connectivity index (χ3n) is 5.15. The maximum absolute atomic E-state index is 12.5. The van der Waals surface area contributed by atoms with E-state index in [-0.39, 0.29) is 24.8 Å². The number of methoxy groups -OCH3 is 1. The summed E-state index contributed by atoms with van der Waals surface area (Å²) in [4.78, 5) is 29.4. The van der Waals surface area contributed by atoms with Crippen LogP contribution in [0, 0.1) is 0 Å². The minimum atomic E-state index is -0.553. The summed E-state index contributed by atoms with van der Waals surface area (Å²) in [5.74, 6) is 0.190. The van der Waals surface area contributed by atoms with Crippen LogP contribution in [0.5, 0.6) is 5.75 Å². The lowest BCUT2D eigenvalue weighted by molar-refractivity contribution is -0.154. The number of carbonyl (C=O) groups is 2. The van der Waals surface area contributed by atoms with Gasteiger partial charge >= 0.3 is 11.9 Å². The predicted molar refractivity (Wildman–Crippen MR) is 126 cm³/mol. The Balaban J connectivity index is 2.02. The summed E-state index contributed by atoms with van der Waals surface area (Å²) < 4.78 is 18.1. The average Bonchev–Trinajstić information content (AvgIpc) is 3.04. The van der Waals surface area contributed by atoms with Crippen molar-refractivity contribution < 1.29 is 23.8 Å². The number of hydrogen-bond acceptors (Lipinski definition) is 6. The van der Waals surface area contributed by atoms with E-state index in [0.717, 1.165) is 33.6 Å². The van der Waals surface area contributed by atoms with Gasteiger partial charge in [-0.25, -0.2) is 0 Å². The maximum Gasteiger partial charge on any atom is 0.310 e. The molecule has 0 fully saturated rings. The fourth-order valence-corrected chi connectivity index (χ4v) is 3.83. The van der Waals surface area contributed by atoms with Crippen molar-refractivity contribution in [2.75, 3.05) is 13.7 Å². The van der Waals surface area contributed by atoms with Gasteiger partial charge in [-0.3, -0.25) is 14.6 Å². The molecule has 1 aromatic carbocycles. The van der Waals surface area contributed by atoms with Crippen molar-refractivity contribution in [3.05, 3.63) is 59.4 Å². The lowest BCUT2D eigenvalue weighted by atomic mass is 10.1. The van der Waals surface area contributed by atoms with Gasteiger partial charge in [0.2, 0.25) is 0 Å². The first-order valence-corrected chi connectivity index (χ1v) is 11.2. The Hall–Kier alpha value is -3.35. The summed E-state index contributed by atoms with van der Waals surface area (Å²) in [7, 11) is 1.64. The topological polar surface area (TPSA) is 79.7 Å². The van der Waals surface area contributed by atoms with E-state index in [9.17, 15) is 9.59 Å². The Bertz CT molecular complexity index is 1110. The van der Waals surface area contributed by atoms with Crippen LogP contribution in [-0.4, -0.2) is 40.8 Å². The number of nitrogens with zero attached hydrogens (tertiary/aromatic N) is 2. The predicted octanol–water partition coefficient (Wildman–Crippen LogP) is 4.47. The third-order valence-corrected chi connectivity index (χ3v) is 5.15. The van der Waals surface area contributed by atoms with Gasteiger partial charge in [0.15, 0.2) is 0 Å². The Labute approximate surface area is 194 Å². The van der Waals surface area contributed by atoms with Crippen molar-refractivity contribution in [1.82, 2.24) is 9.55 Å². The molecular weight excluding hydrogens is 420 g/mol. The standard InChI is InChI=1S/C26H32N2O5/c1-6-32-24(30)16-20-21(13-14-23(29)33-26(2,3)4)28(22-8-7-15-27-25(20)22)17-18-9-11-19(31-5)12-10-18/h7-12,15H,6,13-14,16-17H2,1-5H3. The Morgan fingerprint density at radius 2 is 1.79 bits per heavy atom. The molecule has 3 aromatic rings. The Kier molecular flexibility index (Phi) is 7.74. The lowest BCUT2D eigenvalue weighted by Crippen LogP contribution is -2.24. The second-order valence-electron chi connectivity index (χ2n) is 8.80. The van der Waals surface area contributed by atoms with Crippen LogP contribution >= 0.6 is 0 Å². The largest absolute Gasteiger partial charge is 0.497 e. The van der Waals surface area contributed by atoms with Crippen LogP contribution in [0.15, 0.2) is 42.6 Å². The first-order valence-electron chi connectivity index (χ1n) is 11.2. The van der Waals surface area contributed by atoms with Crippen LogP contribution in [0.1, 0.15) is 50.9 Å². The van der Waals surface area contributed by atoms with E-state index >= 15 is 0 Å². The van der Waals surface area contributed by atoms with Crippen molar-refractivity contribution in [1.29, 1.82) is 0 Å². The SMILES string of the molecule is CCOC(=O)Cc1c(CCC(=O)OC(C)(C)C)n(Cc2ccc(OC)cc2)c2cccnc12. The Morgan fingerprint density at radius 1 is 1.06 bits per heavy atom. The fourth-order valence-electron chi connectivity index (χ4n) is 3.83. The van der Waals surface area contributed by atoms with E-state index in [0.29, 0.717) is 19.6 Å². The van der Waals surface area contributed by atoms with Crippen molar-refractivity contribution in [3.63, 3.8) is 0 Å². The minimum absolute atomic E-state index is 0.0978. The van der Waals surface area contributed by atoms with Crippen molar-refractivity contribution in [2.24, 2.45) is 0 Å². The molecule has 33 heavy (non-hydrogen) atoms.